The summed E-state index contributed by atoms with van der Waals surface area (Å²) in [5.74, 6) is 0.743. The number of imidazole rings is 1. The molecule has 5 rings (SSSR count). The highest BCUT2D eigenvalue weighted by Crippen LogP contribution is 2.31. The fourth-order valence-corrected chi connectivity index (χ4v) is 4.09. The van der Waals surface area contributed by atoms with Crippen molar-refractivity contribution in [1.29, 1.82) is 0 Å². The Morgan fingerprint density at radius 2 is 2.03 bits per heavy atom. The van der Waals surface area contributed by atoms with E-state index in [9.17, 15) is 9.18 Å². The molecule has 0 saturated carbocycles. The first-order chi connectivity index (χ1) is 15.1. The number of nitrogens with zero attached hydrogens (tertiary/aromatic N) is 2. The van der Waals surface area contributed by atoms with Crippen LogP contribution in [-0.4, -0.2) is 28.5 Å². The van der Waals surface area contributed by atoms with Crippen LogP contribution in [-0.2, 0) is 4.74 Å². The van der Waals surface area contributed by atoms with Gasteiger partial charge in [0.1, 0.15) is 11.6 Å². The Morgan fingerprint density at radius 3 is 2.81 bits per heavy atom. The summed E-state index contributed by atoms with van der Waals surface area (Å²) in [6.45, 7) is 3.37. The number of amides is 1. The monoisotopic (exact) mass is 415 g/mol. The second-order valence-corrected chi connectivity index (χ2v) is 7.84. The number of carbonyl (C=O) groups excluding carboxylic acids is 1. The van der Waals surface area contributed by atoms with Crippen molar-refractivity contribution in [2.24, 2.45) is 0 Å². The first-order valence-electron chi connectivity index (χ1n) is 10.3. The number of aromatic nitrogens is 2. The standard InChI is InChI=1S/C25H22FN3O2/c1-16-4-5-17(13-22(16)25(30)28-20-8-6-19(26)7-9-20)21-3-2-11-29-23(21)14-27-24(29)18-10-12-31-15-18/h2-9,11,13-14,18H,10,12,15H2,1H3,(H,28,30). The molecule has 0 bridgehead atoms. The second-order valence-electron chi connectivity index (χ2n) is 7.84. The van der Waals surface area contributed by atoms with Gasteiger partial charge in [0.2, 0.25) is 0 Å². The van der Waals surface area contributed by atoms with E-state index in [0.717, 1.165) is 41.1 Å². The van der Waals surface area contributed by atoms with E-state index in [1.54, 1.807) is 12.1 Å². The van der Waals surface area contributed by atoms with E-state index in [2.05, 4.69) is 14.7 Å². The average Bonchev–Trinajstić information content (AvgIpc) is 3.45. The summed E-state index contributed by atoms with van der Waals surface area (Å²) in [6.07, 6.45) is 4.89. The molecule has 31 heavy (non-hydrogen) atoms. The predicted octanol–water partition coefficient (Wildman–Crippen LogP) is 5.21. The molecule has 1 aliphatic heterocycles. The number of carbonyl (C=O) groups is 1. The van der Waals surface area contributed by atoms with Crippen LogP contribution in [0.2, 0.25) is 0 Å². The molecule has 5 nitrogen and oxygen atoms in total. The molecule has 1 saturated heterocycles. The zero-order valence-electron chi connectivity index (χ0n) is 17.1. The minimum Gasteiger partial charge on any atom is -0.381 e. The van der Waals surface area contributed by atoms with Gasteiger partial charge in [0, 0.05) is 35.5 Å². The average molecular weight is 415 g/mol. The van der Waals surface area contributed by atoms with Crippen molar-refractivity contribution < 1.29 is 13.9 Å². The molecule has 4 aromatic rings. The van der Waals surface area contributed by atoms with E-state index >= 15 is 0 Å². The number of hydrogen-bond acceptors (Lipinski definition) is 3. The lowest BCUT2D eigenvalue weighted by Gasteiger charge is -2.12. The third kappa shape index (κ3) is 3.70. The summed E-state index contributed by atoms with van der Waals surface area (Å²) in [7, 11) is 0. The Morgan fingerprint density at radius 1 is 1.19 bits per heavy atom. The van der Waals surface area contributed by atoms with E-state index in [1.807, 2.05) is 49.6 Å². The number of benzene rings is 2. The lowest BCUT2D eigenvalue weighted by atomic mass is 9.99. The molecular weight excluding hydrogens is 393 g/mol. The first-order valence-corrected chi connectivity index (χ1v) is 10.3. The maximum atomic E-state index is 13.2. The second kappa shape index (κ2) is 7.96. The normalized spacial score (nSPS) is 16.0. The molecule has 1 fully saturated rings. The summed E-state index contributed by atoms with van der Waals surface area (Å²) in [5, 5.41) is 2.85. The fraction of sp³-hybridized carbons (Fsp3) is 0.200. The van der Waals surface area contributed by atoms with Crippen molar-refractivity contribution >= 4 is 17.1 Å². The van der Waals surface area contributed by atoms with E-state index < -0.39 is 0 Å². The Balaban J connectivity index is 1.50. The van der Waals surface area contributed by atoms with Gasteiger partial charge in [-0.1, -0.05) is 18.2 Å². The Kier molecular flexibility index (Phi) is 5.00. The SMILES string of the molecule is Cc1ccc(-c2cccn3c(C4CCOC4)ncc23)cc1C(=O)Nc1ccc(F)cc1. The first kappa shape index (κ1) is 19.5. The van der Waals surface area contributed by atoms with E-state index in [-0.39, 0.29) is 11.7 Å². The molecular formula is C25H22FN3O2. The molecule has 6 heteroatoms. The van der Waals surface area contributed by atoms with Crippen molar-refractivity contribution in [3.63, 3.8) is 0 Å². The molecule has 0 aliphatic carbocycles. The van der Waals surface area contributed by atoms with Gasteiger partial charge in [-0.05, 0) is 60.9 Å². The van der Waals surface area contributed by atoms with Gasteiger partial charge in [0.15, 0.2) is 0 Å². The van der Waals surface area contributed by atoms with Crippen LogP contribution in [0.4, 0.5) is 10.1 Å². The molecule has 0 radical (unpaired) electrons. The van der Waals surface area contributed by atoms with E-state index in [4.69, 9.17) is 4.74 Å². The molecule has 0 spiro atoms. The van der Waals surface area contributed by atoms with Crippen molar-refractivity contribution in [3.8, 4) is 11.1 Å². The van der Waals surface area contributed by atoms with Crippen LogP contribution in [0.3, 0.4) is 0 Å². The van der Waals surface area contributed by atoms with Gasteiger partial charge >= 0.3 is 0 Å². The van der Waals surface area contributed by atoms with Crippen LogP contribution in [0.5, 0.6) is 0 Å². The number of nitrogens with one attached hydrogen (secondary N) is 1. The van der Waals surface area contributed by atoms with Crippen LogP contribution in [0, 0.1) is 12.7 Å². The van der Waals surface area contributed by atoms with Gasteiger partial charge in [-0.3, -0.25) is 4.79 Å². The molecule has 1 atom stereocenters. The van der Waals surface area contributed by atoms with Gasteiger partial charge in [0.25, 0.3) is 5.91 Å². The number of anilines is 1. The number of fused-ring (bicyclic) bond motifs is 1. The zero-order chi connectivity index (χ0) is 21.4. The molecule has 1 aliphatic rings. The number of pyridine rings is 1. The molecule has 3 heterocycles. The third-order valence-electron chi connectivity index (χ3n) is 5.79. The molecule has 1 unspecified atom stereocenters. The van der Waals surface area contributed by atoms with Gasteiger partial charge in [0.05, 0.1) is 18.3 Å². The highest BCUT2D eigenvalue weighted by Gasteiger charge is 2.23. The summed E-state index contributed by atoms with van der Waals surface area (Å²) >= 11 is 0. The fourth-order valence-electron chi connectivity index (χ4n) is 4.09. The predicted molar refractivity (Wildman–Crippen MR) is 118 cm³/mol. The Labute approximate surface area is 179 Å². The summed E-state index contributed by atoms with van der Waals surface area (Å²) in [4.78, 5) is 17.6. The molecule has 2 aromatic heterocycles. The highest BCUT2D eigenvalue weighted by molar-refractivity contribution is 6.06. The van der Waals surface area contributed by atoms with Crippen molar-refractivity contribution in [3.05, 3.63) is 89.8 Å². The molecule has 156 valence electrons. The van der Waals surface area contributed by atoms with Gasteiger partial charge in [-0.15, -0.1) is 0 Å². The minimum atomic E-state index is -0.339. The van der Waals surface area contributed by atoms with Crippen LogP contribution >= 0.6 is 0 Å². The number of aryl methyl sites for hydroxylation is 1. The lowest BCUT2D eigenvalue weighted by Crippen LogP contribution is -2.13. The maximum Gasteiger partial charge on any atom is 0.255 e. The van der Waals surface area contributed by atoms with Gasteiger partial charge < -0.3 is 14.5 Å². The minimum absolute atomic E-state index is 0.227. The van der Waals surface area contributed by atoms with Gasteiger partial charge in [-0.25, -0.2) is 9.37 Å². The van der Waals surface area contributed by atoms with Crippen molar-refractivity contribution in [2.45, 2.75) is 19.3 Å². The quantitative estimate of drug-likeness (QED) is 0.498. The lowest BCUT2D eigenvalue weighted by molar-refractivity contribution is 0.102. The summed E-state index contributed by atoms with van der Waals surface area (Å²) in [6, 6.07) is 15.7. The van der Waals surface area contributed by atoms with Crippen molar-refractivity contribution in [1.82, 2.24) is 9.38 Å². The molecule has 1 N–H and O–H groups in total. The van der Waals surface area contributed by atoms with E-state index in [1.165, 1.54) is 12.1 Å². The Hall–Kier alpha value is -3.51. The largest absolute Gasteiger partial charge is 0.381 e. The Bertz CT molecular complexity index is 1260. The van der Waals surface area contributed by atoms with Crippen LogP contribution < -0.4 is 5.32 Å². The van der Waals surface area contributed by atoms with Gasteiger partial charge in [-0.2, -0.15) is 0 Å². The van der Waals surface area contributed by atoms with Crippen molar-refractivity contribution in [2.75, 3.05) is 18.5 Å². The smallest absolute Gasteiger partial charge is 0.255 e. The highest BCUT2D eigenvalue weighted by atomic mass is 19.1. The van der Waals surface area contributed by atoms with Crippen LogP contribution in [0.15, 0.2) is 67.0 Å². The van der Waals surface area contributed by atoms with Crippen LogP contribution in [0.25, 0.3) is 16.6 Å². The third-order valence-corrected chi connectivity index (χ3v) is 5.79. The number of rotatable bonds is 4. The zero-order valence-corrected chi connectivity index (χ0v) is 17.1. The summed E-state index contributed by atoms with van der Waals surface area (Å²) < 4.78 is 20.8. The number of ether oxygens (including phenoxy) is 1. The summed E-state index contributed by atoms with van der Waals surface area (Å²) in [5.41, 5.74) is 4.95. The number of hydrogen-bond donors (Lipinski definition) is 1. The molecule has 2 aromatic carbocycles. The van der Waals surface area contributed by atoms with E-state index in [0.29, 0.717) is 23.8 Å². The van der Waals surface area contributed by atoms with Crippen LogP contribution in [0.1, 0.15) is 34.1 Å². The number of halogens is 1. The topological polar surface area (TPSA) is 55.6 Å². The maximum absolute atomic E-state index is 13.2. The molecule has 1 amide bonds.